The number of ether oxygens (including phenoxy) is 1. The van der Waals surface area contributed by atoms with Crippen molar-refractivity contribution in [3.63, 3.8) is 0 Å². The Kier molecular flexibility index (Phi) is 4.90. The number of rotatable bonds is 4. The zero-order chi connectivity index (χ0) is 8.69. The second-order valence-corrected chi connectivity index (χ2v) is 1.91. The lowest BCUT2D eigenvalue weighted by atomic mass is 10.5. The van der Waals surface area contributed by atoms with Gasteiger partial charge in [-0.25, -0.2) is 0 Å². The highest BCUT2D eigenvalue weighted by Crippen LogP contribution is 1.90. The predicted octanol–water partition coefficient (Wildman–Crippen LogP) is 1.14. The molecule has 0 saturated carbocycles. The summed E-state index contributed by atoms with van der Waals surface area (Å²) in [5.74, 6) is -0.275. The summed E-state index contributed by atoms with van der Waals surface area (Å²) in [6.45, 7) is 5.62. The van der Waals surface area contributed by atoms with Crippen LogP contribution in [-0.2, 0) is 9.53 Å². The Morgan fingerprint density at radius 1 is 1.73 bits per heavy atom. The van der Waals surface area contributed by atoms with Gasteiger partial charge in [-0.15, -0.1) is 0 Å². The Hall–Kier alpha value is -1.25. The van der Waals surface area contributed by atoms with Crippen LogP contribution in [0.25, 0.3) is 0 Å². The average molecular weight is 155 g/mol. The van der Waals surface area contributed by atoms with Crippen LogP contribution in [0.4, 0.5) is 0 Å². The smallest absolute Gasteiger partial charge is 0.325 e. The van der Waals surface area contributed by atoms with Crippen molar-refractivity contribution >= 4 is 5.97 Å². The van der Waals surface area contributed by atoms with Crippen molar-refractivity contribution in [2.75, 3.05) is 13.7 Å². The zero-order valence-corrected chi connectivity index (χ0v) is 6.91. The summed E-state index contributed by atoms with van der Waals surface area (Å²) in [7, 11) is 1.36. The number of hydrogen-bond donors (Lipinski definition) is 0. The van der Waals surface area contributed by atoms with Crippen molar-refractivity contribution in [2.45, 2.75) is 6.92 Å². The van der Waals surface area contributed by atoms with Gasteiger partial charge in [-0.1, -0.05) is 12.7 Å². The monoisotopic (exact) mass is 155 g/mol. The van der Waals surface area contributed by atoms with Crippen molar-refractivity contribution in [3.05, 3.63) is 25.1 Å². The summed E-state index contributed by atoms with van der Waals surface area (Å²) in [6, 6.07) is 0. The molecule has 11 heavy (non-hydrogen) atoms. The lowest BCUT2D eigenvalue weighted by molar-refractivity contribution is -0.140. The zero-order valence-electron chi connectivity index (χ0n) is 6.91. The minimum Gasteiger partial charge on any atom is -0.468 e. The largest absolute Gasteiger partial charge is 0.468 e. The number of allylic oxidation sites excluding steroid dienone is 1. The minimum atomic E-state index is -0.275. The SMILES string of the molecule is C=CN(/C=C\C)CC(=O)OC. The number of methoxy groups -OCH3 is 1. The van der Waals surface area contributed by atoms with Gasteiger partial charge in [0.05, 0.1) is 7.11 Å². The Bertz CT molecular complexity index is 163. The van der Waals surface area contributed by atoms with E-state index in [9.17, 15) is 4.79 Å². The molecule has 0 bridgehead atoms. The van der Waals surface area contributed by atoms with Gasteiger partial charge in [0.1, 0.15) is 6.54 Å². The van der Waals surface area contributed by atoms with E-state index < -0.39 is 0 Å². The molecule has 0 unspecified atom stereocenters. The summed E-state index contributed by atoms with van der Waals surface area (Å²) in [6.07, 6.45) is 5.14. The third-order valence-corrected chi connectivity index (χ3v) is 1.11. The van der Waals surface area contributed by atoms with Crippen molar-refractivity contribution < 1.29 is 9.53 Å². The van der Waals surface area contributed by atoms with Crippen LogP contribution in [0, 0.1) is 0 Å². The van der Waals surface area contributed by atoms with Gasteiger partial charge < -0.3 is 9.64 Å². The lowest BCUT2D eigenvalue weighted by Gasteiger charge is -2.11. The molecule has 0 saturated heterocycles. The summed E-state index contributed by atoms with van der Waals surface area (Å²) < 4.78 is 4.47. The molecule has 0 fully saturated rings. The molecular formula is C8H13NO2. The van der Waals surface area contributed by atoms with Gasteiger partial charge in [0.15, 0.2) is 0 Å². The first kappa shape index (κ1) is 9.75. The topological polar surface area (TPSA) is 29.5 Å². The summed E-state index contributed by atoms with van der Waals surface area (Å²) in [4.78, 5) is 12.4. The molecule has 0 aliphatic rings. The highest BCUT2D eigenvalue weighted by molar-refractivity contribution is 5.71. The van der Waals surface area contributed by atoms with E-state index in [-0.39, 0.29) is 12.5 Å². The molecule has 0 spiro atoms. The molecular weight excluding hydrogens is 142 g/mol. The number of hydrogen-bond acceptors (Lipinski definition) is 3. The fourth-order valence-electron chi connectivity index (χ4n) is 0.583. The fraction of sp³-hybridized carbons (Fsp3) is 0.375. The molecule has 0 heterocycles. The normalized spacial score (nSPS) is 9.64. The molecule has 0 aromatic carbocycles. The molecule has 0 aromatic heterocycles. The maximum absolute atomic E-state index is 10.7. The standard InChI is InChI=1S/C8H13NO2/c1-4-6-9(5-2)7-8(10)11-3/h4-6H,2,7H2,1,3H3/b6-4-. The van der Waals surface area contributed by atoms with Crippen molar-refractivity contribution in [1.82, 2.24) is 4.90 Å². The summed E-state index contributed by atoms with van der Waals surface area (Å²) in [5.41, 5.74) is 0. The molecule has 62 valence electrons. The molecule has 0 aliphatic carbocycles. The molecule has 0 rings (SSSR count). The van der Waals surface area contributed by atoms with Crippen LogP contribution in [0.2, 0.25) is 0 Å². The van der Waals surface area contributed by atoms with Crippen LogP contribution in [0.5, 0.6) is 0 Å². The van der Waals surface area contributed by atoms with Gasteiger partial charge in [0.25, 0.3) is 0 Å². The summed E-state index contributed by atoms with van der Waals surface area (Å²) in [5, 5.41) is 0. The van der Waals surface area contributed by atoms with E-state index in [1.165, 1.54) is 7.11 Å². The fourth-order valence-corrected chi connectivity index (χ4v) is 0.583. The van der Waals surface area contributed by atoms with E-state index in [1.54, 1.807) is 17.3 Å². The van der Waals surface area contributed by atoms with Crippen molar-refractivity contribution in [3.8, 4) is 0 Å². The molecule has 3 heteroatoms. The highest BCUT2D eigenvalue weighted by Gasteiger charge is 2.01. The van der Waals surface area contributed by atoms with E-state index in [0.29, 0.717) is 0 Å². The van der Waals surface area contributed by atoms with Gasteiger partial charge in [-0.3, -0.25) is 4.79 Å². The predicted molar refractivity (Wildman–Crippen MR) is 43.7 cm³/mol. The Labute approximate surface area is 66.9 Å². The van der Waals surface area contributed by atoms with E-state index in [4.69, 9.17) is 0 Å². The first-order valence-corrected chi connectivity index (χ1v) is 3.32. The highest BCUT2D eigenvalue weighted by atomic mass is 16.5. The first-order valence-electron chi connectivity index (χ1n) is 3.32. The Balaban J connectivity index is 3.87. The molecule has 0 radical (unpaired) electrons. The average Bonchev–Trinajstić information content (AvgIpc) is 2.03. The quantitative estimate of drug-likeness (QED) is 0.570. The molecule has 0 N–H and O–H groups in total. The number of carbonyl (C=O) groups is 1. The van der Waals surface area contributed by atoms with Crippen LogP contribution in [-0.4, -0.2) is 24.5 Å². The second kappa shape index (κ2) is 5.53. The maximum Gasteiger partial charge on any atom is 0.325 e. The van der Waals surface area contributed by atoms with Crippen molar-refractivity contribution in [1.29, 1.82) is 0 Å². The third kappa shape index (κ3) is 4.19. The van der Waals surface area contributed by atoms with Gasteiger partial charge in [0.2, 0.25) is 0 Å². The Morgan fingerprint density at radius 3 is 2.73 bits per heavy atom. The molecule has 0 aromatic rings. The number of esters is 1. The van der Waals surface area contributed by atoms with E-state index in [0.717, 1.165) is 0 Å². The first-order chi connectivity index (χ1) is 5.24. The van der Waals surface area contributed by atoms with Gasteiger partial charge in [-0.05, 0) is 19.3 Å². The third-order valence-electron chi connectivity index (χ3n) is 1.11. The van der Waals surface area contributed by atoms with E-state index in [2.05, 4.69) is 11.3 Å². The summed E-state index contributed by atoms with van der Waals surface area (Å²) >= 11 is 0. The van der Waals surface area contributed by atoms with Crippen LogP contribution in [0.15, 0.2) is 25.1 Å². The molecule has 0 atom stereocenters. The van der Waals surface area contributed by atoms with Crippen LogP contribution in [0.3, 0.4) is 0 Å². The molecule has 3 nitrogen and oxygen atoms in total. The second-order valence-electron chi connectivity index (χ2n) is 1.91. The van der Waals surface area contributed by atoms with E-state index in [1.807, 2.05) is 13.0 Å². The molecule has 0 amide bonds. The van der Waals surface area contributed by atoms with Gasteiger partial charge >= 0.3 is 5.97 Å². The van der Waals surface area contributed by atoms with Gasteiger partial charge in [0, 0.05) is 0 Å². The van der Waals surface area contributed by atoms with Crippen molar-refractivity contribution in [2.24, 2.45) is 0 Å². The number of carbonyl (C=O) groups excluding carboxylic acids is 1. The maximum atomic E-state index is 10.7. The Morgan fingerprint density at radius 2 is 2.36 bits per heavy atom. The van der Waals surface area contributed by atoms with Gasteiger partial charge in [-0.2, -0.15) is 0 Å². The minimum absolute atomic E-state index is 0.213. The molecule has 0 aliphatic heterocycles. The lowest BCUT2D eigenvalue weighted by Crippen LogP contribution is -2.20. The number of nitrogens with zero attached hydrogens (tertiary/aromatic N) is 1. The van der Waals surface area contributed by atoms with Crippen LogP contribution >= 0.6 is 0 Å². The van der Waals surface area contributed by atoms with Crippen LogP contribution < -0.4 is 0 Å². The van der Waals surface area contributed by atoms with Crippen LogP contribution in [0.1, 0.15) is 6.92 Å². The van der Waals surface area contributed by atoms with E-state index >= 15 is 0 Å².